The third-order valence-electron chi connectivity index (χ3n) is 3.43. The van der Waals surface area contributed by atoms with E-state index in [1.165, 1.54) is 6.07 Å². The summed E-state index contributed by atoms with van der Waals surface area (Å²) < 4.78 is 48.3. The highest BCUT2D eigenvalue weighted by Crippen LogP contribution is 2.29. The molecule has 0 amide bonds. The smallest absolute Gasteiger partial charge is 0.416 e. The second kappa shape index (κ2) is 7.86. The maximum Gasteiger partial charge on any atom is 0.416 e. The van der Waals surface area contributed by atoms with Crippen LogP contribution in [0.25, 0.3) is 0 Å². The summed E-state index contributed by atoms with van der Waals surface area (Å²) >= 11 is 0. The number of halogens is 3. The Hall–Kier alpha value is -2.50. The van der Waals surface area contributed by atoms with Crippen molar-refractivity contribution in [1.82, 2.24) is 0 Å². The van der Waals surface area contributed by atoms with E-state index in [0.717, 1.165) is 17.7 Å². The molecule has 0 aliphatic rings. The van der Waals surface area contributed by atoms with Gasteiger partial charge in [-0.2, -0.15) is 13.2 Å². The lowest BCUT2D eigenvalue weighted by atomic mass is 10.1. The zero-order valence-corrected chi connectivity index (χ0v) is 13.4. The second-order valence-electron chi connectivity index (χ2n) is 5.10. The minimum Gasteiger partial charge on any atom is -0.493 e. The molecule has 0 aliphatic carbocycles. The number of alkyl halides is 3. The zero-order valence-electron chi connectivity index (χ0n) is 13.4. The summed E-state index contributed by atoms with van der Waals surface area (Å²) in [5.41, 5.74) is 0.801. The molecule has 0 spiro atoms. The van der Waals surface area contributed by atoms with Gasteiger partial charge in [-0.1, -0.05) is 18.2 Å². The van der Waals surface area contributed by atoms with Crippen LogP contribution in [-0.2, 0) is 12.6 Å². The van der Waals surface area contributed by atoms with E-state index in [-0.39, 0.29) is 0 Å². The Morgan fingerprint density at radius 2 is 1.75 bits per heavy atom. The van der Waals surface area contributed by atoms with Gasteiger partial charge in [0.1, 0.15) is 0 Å². The molecule has 6 heteroatoms. The molecule has 0 aliphatic heterocycles. The highest BCUT2D eigenvalue weighted by atomic mass is 19.4. The first kappa shape index (κ1) is 17.8. The SMILES string of the molecule is COc1ccc(C=NCCc2cccc(C(F)(F)F)c2)cc1OC. The summed E-state index contributed by atoms with van der Waals surface area (Å²) in [7, 11) is 3.10. The van der Waals surface area contributed by atoms with Crippen LogP contribution in [0.2, 0.25) is 0 Å². The monoisotopic (exact) mass is 337 g/mol. The van der Waals surface area contributed by atoms with Crippen LogP contribution in [0.5, 0.6) is 11.5 Å². The number of benzene rings is 2. The number of hydrogen-bond donors (Lipinski definition) is 0. The van der Waals surface area contributed by atoms with Gasteiger partial charge < -0.3 is 9.47 Å². The molecule has 24 heavy (non-hydrogen) atoms. The molecule has 0 heterocycles. The largest absolute Gasteiger partial charge is 0.493 e. The number of ether oxygens (including phenoxy) is 2. The molecule has 0 saturated heterocycles. The van der Waals surface area contributed by atoms with E-state index in [1.807, 2.05) is 6.07 Å². The molecule has 2 aromatic carbocycles. The molecule has 0 radical (unpaired) electrons. The number of rotatable bonds is 6. The topological polar surface area (TPSA) is 30.8 Å². The fourth-order valence-electron chi connectivity index (χ4n) is 2.20. The maximum absolute atomic E-state index is 12.7. The molecule has 0 atom stereocenters. The molecule has 2 aromatic rings. The highest BCUT2D eigenvalue weighted by Gasteiger charge is 2.30. The molecule has 0 N–H and O–H groups in total. The predicted octanol–water partition coefficient (Wildman–Crippen LogP) is 4.38. The molecule has 3 nitrogen and oxygen atoms in total. The van der Waals surface area contributed by atoms with Gasteiger partial charge in [-0.05, 0) is 41.8 Å². The van der Waals surface area contributed by atoms with E-state index < -0.39 is 11.7 Å². The summed E-state index contributed by atoms with van der Waals surface area (Å²) in [6.45, 7) is 0.398. The van der Waals surface area contributed by atoms with E-state index in [2.05, 4.69) is 4.99 Å². The van der Waals surface area contributed by atoms with Crippen LogP contribution >= 0.6 is 0 Å². The lowest BCUT2D eigenvalue weighted by Crippen LogP contribution is -2.05. The normalized spacial score (nSPS) is 11.7. The third-order valence-corrected chi connectivity index (χ3v) is 3.43. The Kier molecular flexibility index (Phi) is 5.84. The first-order chi connectivity index (χ1) is 11.4. The van der Waals surface area contributed by atoms with Gasteiger partial charge in [-0.15, -0.1) is 0 Å². The van der Waals surface area contributed by atoms with Gasteiger partial charge in [-0.3, -0.25) is 4.99 Å². The van der Waals surface area contributed by atoms with Crippen LogP contribution in [-0.4, -0.2) is 27.0 Å². The highest BCUT2D eigenvalue weighted by molar-refractivity contribution is 5.80. The molecular formula is C18H18F3NO2. The number of aliphatic imine (C=N–C) groups is 1. The van der Waals surface area contributed by atoms with Gasteiger partial charge in [0.2, 0.25) is 0 Å². The van der Waals surface area contributed by atoms with Crippen molar-refractivity contribution >= 4 is 6.21 Å². The fraction of sp³-hybridized carbons (Fsp3) is 0.278. The summed E-state index contributed by atoms with van der Waals surface area (Å²) in [5, 5.41) is 0. The molecule has 2 rings (SSSR count). The molecule has 0 saturated carbocycles. The quantitative estimate of drug-likeness (QED) is 0.732. The minimum atomic E-state index is -4.32. The summed E-state index contributed by atoms with van der Waals surface area (Å²) in [6, 6.07) is 10.7. The number of methoxy groups -OCH3 is 2. The van der Waals surface area contributed by atoms with Crippen molar-refractivity contribution in [3.8, 4) is 11.5 Å². The van der Waals surface area contributed by atoms with Gasteiger partial charge in [0.15, 0.2) is 11.5 Å². The molecule has 0 bridgehead atoms. The second-order valence-corrected chi connectivity index (χ2v) is 5.10. The third kappa shape index (κ3) is 4.75. The predicted molar refractivity (Wildman–Crippen MR) is 87.2 cm³/mol. The van der Waals surface area contributed by atoms with Crippen LogP contribution in [0.15, 0.2) is 47.5 Å². The maximum atomic E-state index is 12.7. The van der Waals surface area contributed by atoms with E-state index in [0.29, 0.717) is 30.0 Å². The molecule has 0 aromatic heterocycles. The van der Waals surface area contributed by atoms with Gasteiger partial charge in [0.05, 0.1) is 19.8 Å². The van der Waals surface area contributed by atoms with Crippen molar-refractivity contribution in [1.29, 1.82) is 0 Å². The van der Waals surface area contributed by atoms with E-state index in [9.17, 15) is 13.2 Å². The zero-order chi connectivity index (χ0) is 17.6. The lowest BCUT2D eigenvalue weighted by molar-refractivity contribution is -0.137. The van der Waals surface area contributed by atoms with Gasteiger partial charge in [-0.25, -0.2) is 0 Å². The Morgan fingerprint density at radius 3 is 2.42 bits per heavy atom. The van der Waals surface area contributed by atoms with Crippen molar-refractivity contribution in [2.45, 2.75) is 12.6 Å². The van der Waals surface area contributed by atoms with Crippen LogP contribution in [0.3, 0.4) is 0 Å². The Morgan fingerprint density at radius 1 is 1.00 bits per heavy atom. The average molecular weight is 337 g/mol. The van der Waals surface area contributed by atoms with Crippen LogP contribution < -0.4 is 9.47 Å². The van der Waals surface area contributed by atoms with Crippen LogP contribution in [0, 0.1) is 0 Å². The first-order valence-corrected chi connectivity index (χ1v) is 7.32. The molecule has 0 unspecified atom stereocenters. The van der Waals surface area contributed by atoms with E-state index in [1.54, 1.807) is 38.6 Å². The van der Waals surface area contributed by atoms with Crippen molar-refractivity contribution in [3.05, 3.63) is 59.2 Å². The standard InChI is InChI=1S/C18H18F3NO2/c1-23-16-7-6-14(11-17(16)24-2)12-22-9-8-13-4-3-5-15(10-13)18(19,20)21/h3-7,10-12H,8-9H2,1-2H3. The number of hydrogen-bond acceptors (Lipinski definition) is 3. The first-order valence-electron chi connectivity index (χ1n) is 7.32. The summed E-state index contributed by atoms with van der Waals surface area (Å²) in [5.74, 6) is 1.22. The van der Waals surface area contributed by atoms with E-state index in [4.69, 9.17) is 9.47 Å². The molecular weight excluding hydrogens is 319 g/mol. The molecule has 0 fully saturated rings. The van der Waals surface area contributed by atoms with Crippen LogP contribution in [0.1, 0.15) is 16.7 Å². The van der Waals surface area contributed by atoms with Crippen molar-refractivity contribution < 1.29 is 22.6 Å². The van der Waals surface area contributed by atoms with Crippen LogP contribution in [0.4, 0.5) is 13.2 Å². The Labute approximate surface area is 138 Å². The fourth-order valence-corrected chi connectivity index (χ4v) is 2.20. The van der Waals surface area contributed by atoms with Crippen molar-refractivity contribution in [3.63, 3.8) is 0 Å². The minimum absolute atomic E-state index is 0.398. The van der Waals surface area contributed by atoms with Crippen molar-refractivity contribution in [2.75, 3.05) is 20.8 Å². The number of nitrogens with zero attached hydrogens (tertiary/aromatic N) is 1. The van der Waals surface area contributed by atoms with Gasteiger partial charge in [0.25, 0.3) is 0 Å². The summed E-state index contributed by atoms with van der Waals surface area (Å²) in [4.78, 5) is 4.26. The van der Waals surface area contributed by atoms with Crippen molar-refractivity contribution in [2.24, 2.45) is 4.99 Å². The Bertz CT molecular complexity index is 712. The van der Waals surface area contributed by atoms with Gasteiger partial charge >= 0.3 is 6.18 Å². The average Bonchev–Trinajstić information content (AvgIpc) is 2.58. The molecule has 128 valence electrons. The summed E-state index contributed by atoms with van der Waals surface area (Å²) in [6.07, 6.45) is -2.22. The Balaban J connectivity index is 1.98. The lowest BCUT2D eigenvalue weighted by Gasteiger charge is -2.08. The van der Waals surface area contributed by atoms with E-state index >= 15 is 0 Å². The van der Waals surface area contributed by atoms with Gasteiger partial charge in [0, 0.05) is 12.8 Å².